The fraction of sp³-hybridized carbons (Fsp3) is 0.615. The van der Waals surface area contributed by atoms with Crippen LogP contribution >= 0.6 is 11.6 Å². The fourth-order valence-electron chi connectivity index (χ4n) is 2.17. The lowest BCUT2D eigenvalue weighted by molar-refractivity contribution is 0.0132. The van der Waals surface area contributed by atoms with Crippen molar-refractivity contribution in [2.24, 2.45) is 0 Å². The predicted molar refractivity (Wildman–Crippen MR) is 69.2 cm³/mol. The van der Waals surface area contributed by atoms with Crippen LogP contribution in [0.3, 0.4) is 0 Å². The molecule has 2 heterocycles. The van der Waals surface area contributed by atoms with Crippen molar-refractivity contribution in [2.45, 2.75) is 25.5 Å². The van der Waals surface area contributed by atoms with E-state index in [1.165, 1.54) is 0 Å². The monoisotopic (exact) mass is 254 g/mol. The number of hydrogen-bond donors (Lipinski definition) is 0. The van der Waals surface area contributed by atoms with Crippen LogP contribution in [0.5, 0.6) is 0 Å². The van der Waals surface area contributed by atoms with Gasteiger partial charge in [-0.15, -0.1) is 11.6 Å². The number of piperidine rings is 1. The Morgan fingerprint density at radius 3 is 2.82 bits per heavy atom. The molecule has 4 heteroatoms. The van der Waals surface area contributed by atoms with E-state index in [9.17, 15) is 0 Å². The van der Waals surface area contributed by atoms with E-state index >= 15 is 0 Å². The van der Waals surface area contributed by atoms with E-state index in [1.807, 2.05) is 18.3 Å². The van der Waals surface area contributed by atoms with Crippen molar-refractivity contribution >= 4 is 11.6 Å². The van der Waals surface area contributed by atoms with Crippen LogP contribution < -0.4 is 0 Å². The molecular formula is C13H19ClN2O. The van der Waals surface area contributed by atoms with Gasteiger partial charge in [-0.1, -0.05) is 6.07 Å². The number of ether oxygens (including phenoxy) is 1. The van der Waals surface area contributed by atoms with Gasteiger partial charge in [-0.2, -0.15) is 0 Å². The second-order valence-corrected chi connectivity index (χ2v) is 4.73. The van der Waals surface area contributed by atoms with Gasteiger partial charge in [0.2, 0.25) is 0 Å². The molecule has 94 valence electrons. The van der Waals surface area contributed by atoms with Gasteiger partial charge in [0.1, 0.15) is 0 Å². The van der Waals surface area contributed by atoms with Gasteiger partial charge in [0.05, 0.1) is 18.4 Å². The topological polar surface area (TPSA) is 25.4 Å². The van der Waals surface area contributed by atoms with Crippen molar-refractivity contribution in [1.82, 2.24) is 9.88 Å². The minimum absolute atomic E-state index is 0.397. The quantitative estimate of drug-likeness (QED) is 0.754. The van der Waals surface area contributed by atoms with Crippen LogP contribution in [0.15, 0.2) is 24.4 Å². The zero-order valence-corrected chi connectivity index (χ0v) is 10.8. The SMILES string of the molecule is ClCCOC1CCN(Cc2ccccn2)CC1. The Morgan fingerprint density at radius 2 is 2.18 bits per heavy atom. The molecule has 1 aromatic heterocycles. The highest BCUT2D eigenvalue weighted by atomic mass is 35.5. The summed E-state index contributed by atoms with van der Waals surface area (Å²) in [5.41, 5.74) is 1.15. The summed E-state index contributed by atoms with van der Waals surface area (Å²) >= 11 is 5.61. The third-order valence-corrected chi connectivity index (χ3v) is 3.23. The van der Waals surface area contributed by atoms with E-state index < -0.39 is 0 Å². The Hall–Kier alpha value is -0.640. The Bertz CT molecular complexity index is 312. The minimum atomic E-state index is 0.397. The largest absolute Gasteiger partial charge is 0.377 e. The average molecular weight is 255 g/mol. The summed E-state index contributed by atoms with van der Waals surface area (Å²) in [5, 5.41) is 0. The lowest BCUT2D eigenvalue weighted by Gasteiger charge is -2.31. The molecule has 1 aromatic rings. The molecule has 0 bridgehead atoms. The van der Waals surface area contributed by atoms with Crippen molar-refractivity contribution in [3.8, 4) is 0 Å². The van der Waals surface area contributed by atoms with Gasteiger partial charge in [0, 0.05) is 31.7 Å². The number of pyridine rings is 1. The standard InChI is InChI=1S/C13H19ClN2O/c14-6-10-17-13-4-8-16(9-5-13)11-12-3-1-2-7-15-12/h1-3,7,13H,4-6,8-11H2. The van der Waals surface area contributed by atoms with Crippen LogP contribution in [0.25, 0.3) is 0 Å². The van der Waals surface area contributed by atoms with Gasteiger partial charge in [0.25, 0.3) is 0 Å². The van der Waals surface area contributed by atoms with Crippen molar-refractivity contribution in [1.29, 1.82) is 0 Å². The second kappa shape index (κ2) is 6.94. The lowest BCUT2D eigenvalue weighted by Crippen LogP contribution is -2.36. The molecule has 0 amide bonds. The molecule has 0 N–H and O–H groups in total. The van der Waals surface area contributed by atoms with Gasteiger partial charge in [-0.3, -0.25) is 9.88 Å². The predicted octanol–water partition coefficient (Wildman–Crippen LogP) is 2.30. The molecule has 0 saturated carbocycles. The molecule has 0 aliphatic carbocycles. The van der Waals surface area contributed by atoms with Gasteiger partial charge < -0.3 is 4.74 Å². The molecule has 0 unspecified atom stereocenters. The smallest absolute Gasteiger partial charge is 0.0605 e. The molecule has 17 heavy (non-hydrogen) atoms. The van der Waals surface area contributed by atoms with E-state index in [2.05, 4.69) is 16.0 Å². The van der Waals surface area contributed by atoms with Crippen LogP contribution in [-0.2, 0) is 11.3 Å². The van der Waals surface area contributed by atoms with E-state index in [0.717, 1.165) is 38.2 Å². The Labute approximate surface area is 108 Å². The summed E-state index contributed by atoms with van der Waals surface area (Å²) in [5.74, 6) is 0.591. The highest BCUT2D eigenvalue weighted by Crippen LogP contribution is 2.15. The van der Waals surface area contributed by atoms with Crippen molar-refractivity contribution < 1.29 is 4.74 Å². The highest BCUT2D eigenvalue weighted by molar-refractivity contribution is 6.17. The summed E-state index contributed by atoms with van der Waals surface area (Å²) in [6.07, 6.45) is 4.45. The molecule has 3 nitrogen and oxygen atoms in total. The van der Waals surface area contributed by atoms with E-state index in [0.29, 0.717) is 18.6 Å². The number of likely N-dealkylation sites (tertiary alicyclic amines) is 1. The zero-order chi connectivity index (χ0) is 11.9. The Kier molecular flexibility index (Phi) is 5.23. The summed E-state index contributed by atoms with van der Waals surface area (Å²) in [6, 6.07) is 6.07. The third-order valence-electron chi connectivity index (χ3n) is 3.08. The van der Waals surface area contributed by atoms with Gasteiger partial charge in [-0.25, -0.2) is 0 Å². The molecule has 2 rings (SSSR count). The number of nitrogens with zero attached hydrogens (tertiary/aromatic N) is 2. The van der Waals surface area contributed by atoms with E-state index in [4.69, 9.17) is 16.3 Å². The van der Waals surface area contributed by atoms with E-state index in [1.54, 1.807) is 0 Å². The number of rotatable bonds is 5. The first-order valence-electron chi connectivity index (χ1n) is 6.18. The number of halogens is 1. The molecule has 1 saturated heterocycles. The molecule has 1 aliphatic rings. The first-order valence-corrected chi connectivity index (χ1v) is 6.72. The average Bonchev–Trinajstić information content (AvgIpc) is 2.39. The molecular weight excluding hydrogens is 236 g/mol. The fourth-order valence-corrected chi connectivity index (χ4v) is 2.26. The first-order chi connectivity index (χ1) is 8.38. The summed E-state index contributed by atoms with van der Waals surface area (Å²) in [4.78, 5) is 6.78. The summed E-state index contributed by atoms with van der Waals surface area (Å²) in [7, 11) is 0. The maximum Gasteiger partial charge on any atom is 0.0605 e. The molecule has 0 aromatic carbocycles. The molecule has 0 spiro atoms. The maximum absolute atomic E-state index is 5.66. The van der Waals surface area contributed by atoms with Crippen LogP contribution in [0.1, 0.15) is 18.5 Å². The van der Waals surface area contributed by atoms with Crippen molar-refractivity contribution in [3.63, 3.8) is 0 Å². The lowest BCUT2D eigenvalue weighted by atomic mass is 10.1. The van der Waals surface area contributed by atoms with Crippen molar-refractivity contribution in [3.05, 3.63) is 30.1 Å². The summed E-state index contributed by atoms with van der Waals surface area (Å²) in [6.45, 7) is 3.79. The molecule has 1 fully saturated rings. The minimum Gasteiger partial charge on any atom is -0.377 e. The van der Waals surface area contributed by atoms with Gasteiger partial charge in [-0.05, 0) is 25.0 Å². The number of aromatic nitrogens is 1. The normalized spacial score (nSPS) is 18.4. The molecule has 0 radical (unpaired) electrons. The second-order valence-electron chi connectivity index (χ2n) is 4.36. The Morgan fingerprint density at radius 1 is 1.35 bits per heavy atom. The zero-order valence-electron chi connectivity index (χ0n) is 10.0. The Balaban J connectivity index is 1.72. The molecule has 0 atom stereocenters. The molecule has 1 aliphatic heterocycles. The number of hydrogen-bond acceptors (Lipinski definition) is 3. The first kappa shape index (κ1) is 12.8. The van der Waals surface area contributed by atoms with Gasteiger partial charge in [0.15, 0.2) is 0 Å². The van der Waals surface area contributed by atoms with Crippen molar-refractivity contribution in [2.75, 3.05) is 25.6 Å². The van der Waals surface area contributed by atoms with Gasteiger partial charge >= 0.3 is 0 Å². The van der Waals surface area contributed by atoms with Crippen LogP contribution in [-0.4, -0.2) is 41.6 Å². The van der Waals surface area contributed by atoms with Crippen LogP contribution in [0, 0.1) is 0 Å². The van der Waals surface area contributed by atoms with Crippen LogP contribution in [0.2, 0.25) is 0 Å². The van der Waals surface area contributed by atoms with E-state index in [-0.39, 0.29) is 0 Å². The highest BCUT2D eigenvalue weighted by Gasteiger charge is 2.19. The van der Waals surface area contributed by atoms with Crippen LogP contribution in [0.4, 0.5) is 0 Å². The summed E-state index contributed by atoms with van der Waals surface area (Å²) < 4.78 is 5.66. The number of alkyl halides is 1. The third kappa shape index (κ3) is 4.26. The maximum atomic E-state index is 5.66.